The van der Waals surface area contributed by atoms with Crippen LogP contribution in [0.1, 0.15) is 5.56 Å². The standard InChI is InChI=1S/C17H17N3O2S/c1-2-4-16(12(3-1)10-20-17-18-7-8-19-17)23-13-5-6-14-15(9-13)22-11-21-14/h1-6,9H,7-8,10-11H2,(H2,18,19,20). The summed E-state index contributed by atoms with van der Waals surface area (Å²) in [6.45, 7) is 2.81. The first-order chi connectivity index (χ1) is 11.4. The Hall–Kier alpha value is -2.34. The van der Waals surface area contributed by atoms with Gasteiger partial charge >= 0.3 is 0 Å². The van der Waals surface area contributed by atoms with Crippen LogP contribution < -0.4 is 20.1 Å². The maximum absolute atomic E-state index is 5.45. The van der Waals surface area contributed by atoms with Gasteiger partial charge in [-0.05, 0) is 29.8 Å². The van der Waals surface area contributed by atoms with Crippen molar-refractivity contribution in [2.45, 2.75) is 16.3 Å². The van der Waals surface area contributed by atoms with E-state index < -0.39 is 0 Å². The maximum atomic E-state index is 5.45. The van der Waals surface area contributed by atoms with E-state index in [1.54, 1.807) is 11.8 Å². The molecule has 2 N–H and O–H groups in total. The molecular formula is C17H17N3O2S. The van der Waals surface area contributed by atoms with E-state index >= 15 is 0 Å². The second-order valence-corrected chi connectivity index (χ2v) is 6.35. The van der Waals surface area contributed by atoms with E-state index in [2.05, 4.69) is 46.0 Å². The molecule has 2 heterocycles. The minimum Gasteiger partial charge on any atom is -0.454 e. The first-order valence-electron chi connectivity index (χ1n) is 7.56. The lowest BCUT2D eigenvalue weighted by Gasteiger charge is -2.11. The Morgan fingerprint density at radius 2 is 2.04 bits per heavy atom. The summed E-state index contributed by atoms with van der Waals surface area (Å²) in [6, 6.07) is 14.4. The van der Waals surface area contributed by atoms with Crippen LogP contribution >= 0.6 is 11.8 Å². The monoisotopic (exact) mass is 327 g/mol. The highest BCUT2D eigenvalue weighted by molar-refractivity contribution is 7.99. The molecule has 0 bridgehead atoms. The molecule has 2 aliphatic rings. The number of ether oxygens (including phenoxy) is 2. The minimum absolute atomic E-state index is 0.305. The van der Waals surface area contributed by atoms with Gasteiger partial charge in [-0.2, -0.15) is 0 Å². The van der Waals surface area contributed by atoms with Crippen molar-refractivity contribution in [1.29, 1.82) is 0 Å². The third kappa shape index (κ3) is 3.22. The summed E-state index contributed by atoms with van der Waals surface area (Å²) in [7, 11) is 0. The second kappa shape index (κ2) is 6.42. The van der Waals surface area contributed by atoms with Gasteiger partial charge in [-0.1, -0.05) is 30.0 Å². The van der Waals surface area contributed by atoms with Crippen LogP contribution in [0.2, 0.25) is 0 Å². The van der Waals surface area contributed by atoms with E-state index in [1.165, 1.54) is 10.5 Å². The van der Waals surface area contributed by atoms with Crippen LogP contribution in [0.3, 0.4) is 0 Å². The van der Waals surface area contributed by atoms with Crippen LogP contribution in [0, 0.1) is 0 Å². The Kier molecular flexibility index (Phi) is 3.98. The zero-order valence-electron chi connectivity index (χ0n) is 12.5. The van der Waals surface area contributed by atoms with Gasteiger partial charge in [0, 0.05) is 22.9 Å². The van der Waals surface area contributed by atoms with Gasteiger partial charge in [0.15, 0.2) is 17.5 Å². The van der Waals surface area contributed by atoms with Crippen molar-refractivity contribution in [1.82, 2.24) is 10.6 Å². The molecule has 0 radical (unpaired) electrons. The second-order valence-electron chi connectivity index (χ2n) is 5.24. The fraction of sp³-hybridized carbons (Fsp3) is 0.235. The molecule has 0 spiro atoms. The lowest BCUT2D eigenvalue weighted by Crippen LogP contribution is -2.33. The molecule has 2 aliphatic heterocycles. The molecule has 0 fully saturated rings. The molecule has 0 unspecified atom stereocenters. The largest absolute Gasteiger partial charge is 0.454 e. The van der Waals surface area contributed by atoms with Gasteiger partial charge in [0.25, 0.3) is 0 Å². The highest BCUT2D eigenvalue weighted by Crippen LogP contribution is 2.38. The van der Waals surface area contributed by atoms with Crippen LogP contribution in [0.25, 0.3) is 0 Å². The van der Waals surface area contributed by atoms with Crippen LogP contribution in [0.15, 0.2) is 57.2 Å². The van der Waals surface area contributed by atoms with E-state index in [0.29, 0.717) is 6.79 Å². The lowest BCUT2D eigenvalue weighted by molar-refractivity contribution is 0.174. The van der Waals surface area contributed by atoms with Gasteiger partial charge in [-0.15, -0.1) is 0 Å². The number of rotatable bonds is 4. The maximum Gasteiger partial charge on any atom is 0.231 e. The summed E-state index contributed by atoms with van der Waals surface area (Å²) >= 11 is 1.73. The molecular weight excluding hydrogens is 310 g/mol. The molecule has 4 rings (SSSR count). The minimum atomic E-state index is 0.305. The summed E-state index contributed by atoms with van der Waals surface area (Å²) in [5.74, 6) is 2.51. The predicted molar refractivity (Wildman–Crippen MR) is 90.3 cm³/mol. The number of nitrogens with one attached hydrogen (secondary N) is 2. The van der Waals surface area contributed by atoms with Crippen LogP contribution in [-0.2, 0) is 6.54 Å². The third-order valence-electron chi connectivity index (χ3n) is 3.66. The molecule has 5 nitrogen and oxygen atoms in total. The first kappa shape index (κ1) is 14.3. The molecule has 0 amide bonds. The molecule has 118 valence electrons. The van der Waals surface area contributed by atoms with Crippen molar-refractivity contribution in [3.05, 3.63) is 48.0 Å². The molecule has 0 atom stereocenters. The fourth-order valence-corrected chi connectivity index (χ4v) is 3.49. The average molecular weight is 327 g/mol. The normalized spacial score (nSPS) is 15.2. The molecule has 6 heteroatoms. The smallest absolute Gasteiger partial charge is 0.231 e. The van der Waals surface area contributed by atoms with E-state index in [9.17, 15) is 0 Å². The third-order valence-corrected chi connectivity index (χ3v) is 4.77. The quantitative estimate of drug-likeness (QED) is 0.904. The van der Waals surface area contributed by atoms with E-state index in [-0.39, 0.29) is 0 Å². The average Bonchev–Trinajstić information content (AvgIpc) is 3.25. The molecule has 23 heavy (non-hydrogen) atoms. The number of hydrogen-bond acceptors (Lipinski definition) is 6. The number of aliphatic imine (C=N–C) groups is 1. The number of nitrogens with zero attached hydrogens (tertiary/aromatic N) is 1. The van der Waals surface area contributed by atoms with Gasteiger partial charge in [0.2, 0.25) is 6.79 Å². The highest BCUT2D eigenvalue weighted by atomic mass is 32.2. The summed E-state index contributed by atoms with van der Waals surface area (Å²) < 4.78 is 10.8. The Morgan fingerprint density at radius 3 is 2.96 bits per heavy atom. The van der Waals surface area contributed by atoms with Crippen LogP contribution in [0.5, 0.6) is 11.5 Å². The number of hydrogen-bond donors (Lipinski definition) is 2. The van der Waals surface area contributed by atoms with Crippen molar-refractivity contribution >= 4 is 17.7 Å². The number of guanidine groups is 1. The SMILES string of the molecule is c1ccc(Sc2ccc3c(c2)OCO3)c(CNC2=NCCN2)c1. The van der Waals surface area contributed by atoms with Crippen LogP contribution in [-0.4, -0.2) is 25.8 Å². The first-order valence-corrected chi connectivity index (χ1v) is 8.38. The zero-order chi connectivity index (χ0) is 15.5. The van der Waals surface area contributed by atoms with E-state index in [4.69, 9.17) is 9.47 Å². The number of fused-ring (bicyclic) bond motifs is 1. The Bertz CT molecular complexity index is 748. The highest BCUT2D eigenvalue weighted by Gasteiger charge is 2.14. The number of benzene rings is 2. The van der Waals surface area contributed by atoms with Crippen molar-refractivity contribution in [2.75, 3.05) is 19.9 Å². The van der Waals surface area contributed by atoms with Gasteiger partial charge in [0.1, 0.15) is 0 Å². The zero-order valence-corrected chi connectivity index (χ0v) is 13.4. The van der Waals surface area contributed by atoms with Gasteiger partial charge in [0.05, 0.1) is 6.54 Å². The predicted octanol–water partition coefficient (Wildman–Crippen LogP) is 2.62. The van der Waals surface area contributed by atoms with Crippen molar-refractivity contribution in [3.8, 4) is 11.5 Å². The van der Waals surface area contributed by atoms with Gasteiger partial charge in [-0.25, -0.2) is 0 Å². The van der Waals surface area contributed by atoms with E-state index in [0.717, 1.165) is 42.0 Å². The molecule has 2 aromatic carbocycles. The fourth-order valence-electron chi connectivity index (χ4n) is 2.51. The van der Waals surface area contributed by atoms with E-state index in [1.807, 2.05) is 12.1 Å². The van der Waals surface area contributed by atoms with Gasteiger partial charge < -0.3 is 20.1 Å². The molecule has 2 aromatic rings. The van der Waals surface area contributed by atoms with Crippen molar-refractivity contribution < 1.29 is 9.47 Å². The molecule has 0 saturated heterocycles. The lowest BCUT2D eigenvalue weighted by atomic mass is 10.2. The molecule has 0 aliphatic carbocycles. The van der Waals surface area contributed by atoms with Crippen molar-refractivity contribution in [3.63, 3.8) is 0 Å². The summed E-state index contributed by atoms with van der Waals surface area (Å²) in [6.07, 6.45) is 0. The Morgan fingerprint density at radius 1 is 1.13 bits per heavy atom. The van der Waals surface area contributed by atoms with Gasteiger partial charge in [-0.3, -0.25) is 4.99 Å². The van der Waals surface area contributed by atoms with Crippen LogP contribution in [0.4, 0.5) is 0 Å². The Balaban J connectivity index is 1.50. The topological polar surface area (TPSA) is 54.9 Å². The summed E-state index contributed by atoms with van der Waals surface area (Å²) in [5, 5.41) is 6.57. The molecule has 0 saturated carbocycles. The Labute approximate surface area is 139 Å². The van der Waals surface area contributed by atoms with Crippen molar-refractivity contribution in [2.24, 2.45) is 4.99 Å². The summed E-state index contributed by atoms with van der Waals surface area (Å²) in [4.78, 5) is 6.72. The molecule has 0 aromatic heterocycles. The summed E-state index contributed by atoms with van der Waals surface area (Å²) in [5.41, 5.74) is 1.24.